The van der Waals surface area contributed by atoms with Crippen molar-refractivity contribution in [3.63, 3.8) is 0 Å². The lowest BCUT2D eigenvalue weighted by atomic mass is 10.0. The van der Waals surface area contributed by atoms with Gasteiger partial charge >= 0.3 is 0 Å². The Kier molecular flexibility index (Phi) is 3.35. The van der Waals surface area contributed by atoms with Crippen molar-refractivity contribution < 1.29 is 9.45 Å². The summed E-state index contributed by atoms with van der Waals surface area (Å²) in [5.74, 6) is 0.675. The third-order valence-electron chi connectivity index (χ3n) is 2.61. The number of hydrogen-bond donors (Lipinski definition) is 1. The summed E-state index contributed by atoms with van der Waals surface area (Å²) in [6.07, 6.45) is 0. The van der Waals surface area contributed by atoms with Crippen molar-refractivity contribution in [3.8, 4) is 11.1 Å². The fourth-order valence-corrected chi connectivity index (χ4v) is 2.27. The molecule has 0 fully saturated rings. The highest BCUT2D eigenvalue weighted by atomic mass is 32.2. The molecule has 18 heavy (non-hydrogen) atoms. The first-order chi connectivity index (χ1) is 8.54. The summed E-state index contributed by atoms with van der Waals surface area (Å²) in [5.41, 5.74) is 2.40. The molecule has 0 atom stereocenters. The van der Waals surface area contributed by atoms with Crippen LogP contribution in [0.1, 0.15) is 11.5 Å². The van der Waals surface area contributed by atoms with Crippen LogP contribution in [0.4, 0.5) is 5.69 Å². The van der Waals surface area contributed by atoms with Crippen LogP contribution in [0.25, 0.3) is 11.1 Å². The van der Waals surface area contributed by atoms with Crippen molar-refractivity contribution in [2.24, 2.45) is 5.14 Å². The molecule has 0 amide bonds. The van der Waals surface area contributed by atoms with Gasteiger partial charge in [0.25, 0.3) is 5.69 Å². The maximum Gasteiger partial charge on any atom is 0.284 e. The van der Waals surface area contributed by atoms with Gasteiger partial charge in [0.15, 0.2) is 0 Å². The van der Waals surface area contributed by atoms with Gasteiger partial charge in [0.05, 0.1) is 10.6 Å². The van der Waals surface area contributed by atoms with Gasteiger partial charge in [0.1, 0.15) is 10.7 Å². The molecule has 0 aliphatic carbocycles. The molecule has 7 heteroatoms. The lowest BCUT2D eigenvalue weighted by Gasteiger charge is -2.03. The van der Waals surface area contributed by atoms with E-state index in [0.29, 0.717) is 10.7 Å². The molecule has 2 N–H and O–H groups in total. The maximum atomic E-state index is 10.8. The number of aromatic nitrogens is 1. The number of nitrogens with two attached hydrogens (primary N) is 1. The first-order valence-corrected chi connectivity index (χ1v) is 6.01. The second-order valence-electron chi connectivity index (χ2n) is 3.76. The Morgan fingerprint density at radius 1 is 1.44 bits per heavy atom. The average molecular weight is 265 g/mol. The van der Waals surface area contributed by atoms with Crippen molar-refractivity contribution in [1.82, 2.24) is 5.16 Å². The first-order valence-electron chi connectivity index (χ1n) is 5.13. The lowest BCUT2D eigenvalue weighted by Crippen LogP contribution is -1.93. The molecule has 0 saturated heterocycles. The van der Waals surface area contributed by atoms with Gasteiger partial charge in [-0.3, -0.25) is 15.3 Å². The van der Waals surface area contributed by atoms with Crippen molar-refractivity contribution in [3.05, 3.63) is 39.8 Å². The summed E-state index contributed by atoms with van der Waals surface area (Å²) >= 11 is 0.854. The van der Waals surface area contributed by atoms with E-state index >= 15 is 0 Å². The van der Waals surface area contributed by atoms with Crippen LogP contribution in [0.15, 0.2) is 27.6 Å². The predicted molar refractivity (Wildman–Crippen MR) is 68.1 cm³/mol. The Balaban J connectivity index is 2.58. The normalized spacial score (nSPS) is 10.6. The molecular weight excluding hydrogens is 254 g/mol. The zero-order valence-electron chi connectivity index (χ0n) is 9.84. The number of benzene rings is 1. The van der Waals surface area contributed by atoms with Crippen LogP contribution in [-0.2, 0) is 0 Å². The number of hydrogen-bond acceptors (Lipinski definition) is 6. The summed E-state index contributed by atoms with van der Waals surface area (Å²) in [5, 5.41) is 20.1. The van der Waals surface area contributed by atoms with Crippen LogP contribution >= 0.6 is 11.9 Å². The van der Waals surface area contributed by atoms with Gasteiger partial charge in [-0.05, 0) is 43.5 Å². The minimum Gasteiger partial charge on any atom is -0.361 e. The van der Waals surface area contributed by atoms with Crippen LogP contribution in [0, 0.1) is 24.0 Å². The highest BCUT2D eigenvalue weighted by Crippen LogP contribution is 2.33. The molecule has 0 saturated carbocycles. The zero-order valence-corrected chi connectivity index (χ0v) is 10.7. The Labute approximate surface area is 107 Å². The quantitative estimate of drug-likeness (QED) is 0.521. The highest BCUT2D eigenvalue weighted by Gasteiger charge is 2.17. The van der Waals surface area contributed by atoms with Crippen LogP contribution in [-0.4, -0.2) is 10.1 Å². The number of nitro benzene ring substituents is 1. The van der Waals surface area contributed by atoms with E-state index in [-0.39, 0.29) is 5.69 Å². The smallest absolute Gasteiger partial charge is 0.284 e. The molecule has 1 aromatic heterocycles. The van der Waals surface area contributed by atoms with Gasteiger partial charge in [-0.25, -0.2) is 0 Å². The molecule has 0 unspecified atom stereocenters. The summed E-state index contributed by atoms with van der Waals surface area (Å²) < 4.78 is 5.08. The van der Waals surface area contributed by atoms with E-state index in [4.69, 9.17) is 9.66 Å². The molecule has 0 aliphatic heterocycles. The fraction of sp³-hybridized carbons (Fsp3) is 0.182. The molecule has 1 heterocycles. The zero-order chi connectivity index (χ0) is 13.3. The lowest BCUT2D eigenvalue weighted by molar-refractivity contribution is -0.387. The van der Waals surface area contributed by atoms with E-state index in [1.807, 2.05) is 6.92 Å². The molecule has 0 aliphatic rings. The average Bonchev–Trinajstić information content (AvgIpc) is 2.68. The third-order valence-corrected chi connectivity index (χ3v) is 3.19. The summed E-state index contributed by atoms with van der Waals surface area (Å²) in [6, 6.07) is 4.79. The molecule has 0 bridgehead atoms. The number of nitrogens with zero attached hydrogens (tertiary/aromatic N) is 2. The van der Waals surface area contributed by atoms with Crippen molar-refractivity contribution in [2.75, 3.05) is 0 Å². The summed E-state index contributed by atoms with van der Waals surface area (Å²) in [6.45, 7) is 3.62. The van der Waals surface area contributed by atoms with E-state index in [9.17, 15) is 10.1 Å². The van der Waals surface area contributed by atoms with Crippen molar-refractivity contribution >= 4 is 17.6 Å². The van der Waals surface area contributed by atoms with Gasteiger partial charge in [-0.1, -0.05) is 5.16 Å². The largest absolute Gasteiger partial charge is 0.361 e. The van der Waals surface area contributed by atoms with Crippen LogP contribution < -0.4 is 5.14 Å². The highest BCUT2D eigenvalue weighted by molar-refractivity contribution is 7.97. The second kappa shape index (κ2) is 4.79. The molecule has 0 spiro atoms. The van der Waals surface area contributed by atoms with Crippen LogP contribution in [0.5, 0.6) is 0 Å². The van der Waals surface area contributed by atoms with Crippen molar-refractivity contribution in [1.29, 1.82) is 0 Å². The van der Waals surface area contributed by atoms with Gasteiger partial charge in [-0.2, -0.15) is 0 Å². The molecule has 2 aromatic rings. The van der Waals surface area contributed by atoms with E-state index < -0.39 is 4.92 Å². The maximum absolute atomic E-state index is 10.8. The van der Waals surface area contributed by atoms with E-state index in [2.05, 4.69) is 5.16 Å². The van der Waals surface area contributed by atoms with E-state index in [1.165, 1.54) is 6.07 Å². The number of aryl methyl sites for hydroxylation is 2. The van der Waals surface area contributed by atoms with Gasteiger partial charge < -0.3 is 4.52 Å². The van der Waals surface area contributed by atoms with Gasteiger partial charge in [0, 0.05) is 11.6 Å². The molecule has 0 radical (unpaired) electrons. The number of rotatable bonds is 3. The minimum absolute atomic E-state index is 0.00184. The molecule has 2 rings (SSSR count). The minimum atomic E-state index is -0.452. The Bertz CT molecular complexity index is 590. The summed E-state index contributed by atoms with van der Waals surface area (Å²) in [7, 11) is 0. The monoisotopic (exact) mass is 265 g/mol. The van der Waals surface area contributed by atoms with E-state index in [0.717, 1.165) is 28.8 Å². The summed E-state index contributed by atoms with van der Waals surface area (Å²) in [4.78, 5) is 10.8. The molecule has 94 valence electrons. The first kappa shape index (κ1) is 12.6. The Morgan fingerprint density at radius 2 is 2.17 bits per heavy atom. The topological polar surface area (TPSA) is 95.2 Å². The van der Waals surface area contributed by atoms with Gasteiger partial charge in [0.2, 0.25) is 0 Å². The predicted octanol–water partition coefficient (Wildman–Crippen LogP) is 2.83. The standard InChI is InChI=1S/C11H11N3O3S/c1-6-11(7(2)17-13-6)8-3-4-9(14(15)16)10(5-8)18-12/h3-5H,12H2,1-2H3. The number of nitro groups is 1. The SMILES string of the molecule is Cc1noc(C)c1-c1ccc([N+](=O)[O-])c(SN)c1. The Morgan fingerprint density at radius 3 is 2.67 bits per heavy atom. The van der Waals surface area contributed by atoms with Crippen LogP contribution in [0.3, 0.4) is 0 Å². The fourth-order valence-electron chi connectivity index (χ4n) is 1.81. The Hall–Kier alpha value is -1.86. The van der Waals surface area contributed by atoms with Crippen molar-refractivity contribution in [2.45, 2.75) is 18.7 Å². The van der Waals surface area contributed by atoms with Crippen LogP contribution in [0.2, 0.25) is 0 Å². The molecule has 1 aromatic carbocycles. The van der Waals surface area contributed by atoms with Gasteiger partial charge in [-0.15, -0.1) is 0 Å². The van der Waals surface area contributed by atoms with E-state index in [1.54, 1.807) is 19.1 Å². The molecular formula is C11H11N3O3S. The third kappa shape index (κ3) is 2.09. The second-order valence-corrected chi connectivity index (χ2v) is 4.43. The molecule has 6 nitrogen and oxygen atoms in total.